The van der Waals surface area contributed by atoms with Crippen molar-refractivity contribution >= 4 is 11.7 Å². The van der Waals surface area contributed by atoms with E-state index in [4.69, 9.17) is 9.57 Å². The molecule has 1 heterocycles. The number of halogens is 1. The van der Waals surface area contributed by atoms with Gasteiger partial charge in [0.1, 0.15) is 36.4 Å². The molecule has 37 heavy (non-hydrogen) atoms. The van der Waals surface area contributed by atoms with Gasteiger partial charge in [0.15, 0.2) is 0 Å². The third-order valence-corrected chi connectivity index (χ3v) is 5.84. The number of ether oxygens (including phenoxy) is 1. The first kappa shape index (κ1) is 25.6. The van der Waals surface area contributed by atoms with Gasteiger partial charge in [-0.1, -0.05) is 47.6 Å². The van der Waals surface area contributed by atoms with Crippen LogP contribution in [0.5, 0.6) is 5.75 Å². The fourth-order valence-corrected chi connectivity index (χ4v) is 3.82. The van der Waals surface area contributed by atoms with Gasteiger partial charge in [-0.05, 0) is 73.9 Å². The topological polar surface area (TPSA) is 85.9 Å². The summed E-state index contributed by atoms with van der Waals surface area (Å²) in [6.45, 7) is 4.06. The van der Waals surface area contributed by atoms with Crippen LogP contribution in [0.25, 0.3) is 5.69 Å². The van der Waals surface area contributed by atoms with Crippen LogP contribution in [-0.4, -0.2) is 26.6 Å². The number of aliphatic carboxylic acids is 1. The van der Waals surface area contributed by atoms with E-state index in [2.05, 4.69) is 10.3 Å². The van der Waals surface area contributed by atoms with Crippen molar-refractivity contribution in [2.45, 2.75) is 33.5 Å². The van der Waals surface area contributed by atoms with E-state index in [1.807, 2.05) is 72.3 Å². The number of carboxylic acid groups (broad SMARTS) is 1. The molecule has 0 aliphatic carbocycles. The zero-order valence-electron chi connectivity index (χ0n) is 20.7. The van der Waals surface area contributed by atoms with Crippen LogP contribution in [0.2, 0.25) is 0 Å². The van der Waals surface area contributed by atoms with E-state index < -0.39 is 11.9 Å². The highest BCUT2D eigenvalue weighted by Gasteiger charge is 2.22. The Morgan fingerprint density at radius 1 is 1.00 bits per heavy atom. The molecule has 0 aliphatic rings. The van der Waals surface area contributed by atoms with Crippen molar-refractivity contribution in [3.63, 3.8) is 0 Å². The molecule has 8 heteroatoms. The van der Waals surface area contributed by atoms with Gasteiger partial charge in [0, 0.05) is 5.69 Å². The molecule has 3 aromatic carbocycles. The molecule has 1 unspecified atom stereocenters. The average Bonchev–Trinajstić information content (AvgIpc) is 3.28. The lowest BCUT2D eigenvalue weighted by Gasteiger charge is -2.13. The van der Waals surface area contributed by atoms with E-state index >= 15 is 0 Å². The van der Waals surface area contributed by atoms with E-state index in [0.29, 0.717) is 18.1 Å². The van der Waals surface area contributed by atoms with Crippen LogP contribution in [0.15, 0.2) is 90.1 Å². The number of rotatable bonds is 11. The van der Waals surface area contributed by atoms with E-state index in [9.17, 15) is 14.3 Å². The molecule has 7 nitrogen and oxygen atoms in total. The van der Waals surface area contributed by atoms with Crippen molar-refractivity contribution in [1.82, 2.24) is 9.78 Å². The second kappa shape index (κ2) is 12.0. The molecule has 0 bridgehead atoms. The molecule has 1 N–H and O–H groups in total. The largest absolute Gasteiger partial charge is 0.487 e. The standard InChI is InChI=1S/C29H28FN3O4/c1-20-16-25(31-33(20)26-6-4-3-5-7-26)19-36-27-14-10-22(11-15-27)17-28(29(34)35)21(2)32-37-18-23-8-12-24(30)13-9-23/h3-16,28H,17-19H2,1-2H3,(H,34,35). The van der Waals surface area contributed by atoms with Gasteiger partial charge in [-0.2, -0.15) is 5.10 Å². The van der Waals surface area contributed by atoms with E-state index in [1.54, 1.807) is 19.1 Å². The highest BCUT2D eigenvalue weighted by molar-refractivity contribution is 6.00. The third kappa shape index (κ3) is 7.04. The molecule has 190 valence electrons. The number of para-hydroxylation sites is 1. The van der Waals surface area contributed by atoms with Crippen molar-refractivity contribution in [3.05, 3.63) is 113 Å². The summed E-state index contributed by atoms with van der Waals surface area (Å²) in [5.41, 5.74) is 4.73. The number of carbonyl (C=O) groups is 1. The summed E-state index contributed by atoms with van der Waals surface area (Å²) < 4.78 is 20.8. The lowest BCUT2D eigenvalue weighted by molar-refractivity contribution is -0.139. The molecule has 0 saturated carbocycles. The summed E-state index contributed by atoms with van der Waals surface area (Å²) >= 11 is 0. The fraction of sp³-hybridized carbons (Fsp3) is 0.207. The highest BCUT2D eigenvalue weighted by Crippen LogP contribution is 2.19. The molecule has 4 rings (SSSR count). The second-order valence-corrected chi connectivity index (χ2v) is 8.68. The van der Waals surface area contributed by atoms with Gasteiger partial charge in [-0.15, -0.1) is 0 Å². The Morgan fingerprint density at radius 2 is 1.68 bits per heavy atom. The van der Waals surface area contributed by atoms with Crippen LogP contribution in [0, 0.1) is 18.7 Å². The first-order chi connectivity index (χ1) is 17.9. The number of carboxylic acids is 1. The quantitative estimate of drug-likeness (QED) is 0.209. The van der Waals surface area contributed by atoms with E-state index in [-0.39, 0.29) is 18.8 Å². The van der Waals surface area contributed by atoms with Gasteiger partial charge >= 0.3 is 5.97 Å². The Kier molecular flexibility index (Phi) is 8.30. The van der Waals surface area contributed by atoms with Crippen LogP contribution in [0.1, 0.15) is 29.4 Å². The molecule has 0 aliphatic heterocycles. The Hall–Kier alpha value is -4.46. The van der Waals surface area contributed by atoms with Gasteiger partial charge < -0.3 is 14.7 Å². The number of benzene rings is 3. The Labute approximate surface area is 214 Å². The Balaban J connectivity index is 1.32. The SMILES string of the molecule is CC(=NOCc1ccc(F)cc1)C(Cc1ccc(OCc2cc(C)n(-c3ccccc3)n2)cc1)C(=O)O. The number of oxime groups is 1. The predicted molar refractivity (Wildman–Crippen MR) is 138 cm³/mol. The molecule has 4 aromatic rings. The minimum Gasteiger partial charge on any atom is -0.487 e. The van der Waals surface area contributed by atoms with E-state index in [1.165, 1.54) is 12.1 Å². The zero-order valence-corrected chi connectivity index (χ0v) is 20.7. The summed E-state index contributed by atoms with van der Waals surface area (Å²) in [4.78, 5) is 17.2. The van der Waals surface area contributed by atoms with Crippen molar-refractivity contribution in [1.29, 1.82) is 0 Å². The first-order valence-corrected chi connectivity index (χ1v) is 11.9. The van der Waals surface area contributed by atoms with Crippen LogP contribution in [0.3, 0.4) is 0 Å². The van der Waals surface area contributed by atoms with Crippen LogP contribution >= 0.6 is 0 Å². The lowest BCUT2D eigenvalue weighted by atomic mass is 9.95. The number of hydrogen-bond acceptors (Lipinski definition) is 5. The number of aryl methyl sites for hydroxylation is 1. The molecule has 0 radical (unpaired) electrons. The van der Waals surface area contributed by atoms with Crippen LogP contribution < -0.4 is 4.74 Å². The van der Waals surface area contributed by atoms with Crippen molar-refractivity contribution in [2.24, 2.45) is 11.1 Å². The van der Waals surface area contributed by atoms with Crippen molar-refractivity contribution < 1.29 is 23.9 Å². The molecule has 0 spiro atoms. The lowest BCUT2D eigenvalue weighted by Crippen LogP contribution is -2.24. The molecule has 0 saturated heterocycles. The van der Waals surface area contributed by atoms with Gasteiger partial charge in [0.25, 0.3) is 0 Å². The zero-order chi connectivity index (χ0) is 26.2. The van der Waals surface area contributed by atoms with Gasteiger partial charge in [-0.3, -0.25) is 4.79 Å². The summed E-state index contributed by atoms with van der Waals surface area (Å²) in [7, 11) is 0. The Bertz CT molecular complexity index is 1350. The summed E-state index contributed by atoms with van der Waals surface area (Å²) in [5, 5.41) is 18.3. The van der Waals surface area contributed by atoms with Crippen LogP contribution in [-0.2, 0) is 29.3 Å². The van der Waals surface area contributed by atoms with Gasteiger partial charge in [0.2, 0.25) is 0 Å². The van der Waals surface area contributed by atoms with E-state index in [0.717, 1.165) is 28.2 Å². The number of aromatic nitrogens is 2. The van der Waals surface area contributed by atoms with Gasteiger partial charge in [-0.25, -0.2) is 9.07 Å². The highest BCUT2D eigenvalue weighted by atomic mass is 19.1. The van der Waals surface area contributed by atoms with Crippen molar-refractivity contribution in [2.75, 3.05) is 0 Å². The first-order valence-electron chi connectivity index (χ1n) is 11.9. The fourth-order valence-electron chi connectivity index (χ4n) is 3.82. The molecular weight excluding hydrogens is 473 g/mol. The molecular formula is C29H28FN3O4. The minimum absolute atomic E-state index is 0.124. The second-order valence-electron chi connectivity index (χ2n) is 8.68. The smallest absolute Gasteiger partial charge is 0.312 e. The molecule has 1 atom stereocenters. The average molecular weight is 502 g/mol. The maximum Gasteiger partial charge on any atom is 0.312 e. The van der Waals surface area contributed by atoms with Crippen molar-refractivity contribution in [3.8, 4) is 11.4 Å². The van der Waals surface area contributed by atoms with Crippen LogP contribution in [0.4, 0.5) is 4.39 Å². The predicted octanol–water partition coefficient (Wildman–Crippen LogP) is 5.73. The minimum atomic E-state index is -0.990. The normalized spacial score (nSPS) is 12.2. The monoisotopic (exact) mass is 501 g/mol. The number of hydrogen-bond donors (Lipinski definition) is 1. The Morgan fingerprint density at radius 3 is 2.35 bits per heavy atom. The maximum atomic E-state index is 13.0. The molecule has 0 fully saturated rings. The third-order valence-electron chi connectivity index (χ3n) is 5.84. The number of nitrogens with zero attached hydrogens (tertiary/aromatic N) is 3. The summed E-state index contributed by atoms with van der Waals surface area (Å²) in [5.74, 6) is -1.50. The maximum absolute atomic E-state index is 13.0. The summed E-state index contributed by atoms with van der Waals surface area (Å²) in [6, 6.07) is 25.0. The molecule has 0 amide bonds. The summed E-state index contributed by atoms with van der Waals surface area (Å²) in [6.07, 6.45) is 0.255. The van der Waals surface area contributed by atoms with Gasteiger partial charge in [0.05, 0.1) is 11.4 Å². The molecule has 1 aromatic heterocycles.